The van der Waals surface area contributed by atoms with Gasteiger partial charge >= 0.3 is 5.97 Å². The van der Waals surface area contributed by atoms with Gasteiger partial charge in [0.15, 0.2) is 0 Å². The molecule has 0 radical (unpaired) electrons. The molecule has 0 saturated carbocycles. The fourth-order valence-electron chi connectivity index (χ4n) is 1.59. The van der Waals surface area contributed by atoms with Gasteiger partial charge in [-0.05, 0) is 12.1 Å². The van der Waals surface area contributed by atoms with E-state index in [2.05, 4.69) is 4.98 Å². The molecular formula is C12H10ClNO3. The van der Waals surface area contributed by atoms with Gasteiger partial charge in [0.25, 0.3) is 0 Å². The van der Waals surface area contributed by atoms with E-state index in [4.69, 9.17) is 21.1 Å². The lowest BCUT2D eigenvalue weighted by molar-refractivity contribution is 0.0603. The standard InChI is InChI=1S/C12H10ClNO3/c1-16-11-6-10-8(5-9(11)13)7(3-4-14-10)12(15)17-2/h3-6H,1-2H3. The number of fused-ring (bicyclic) bond motifs is 1. The Hall–Kier alpha value is -1.81. The van der Waals surface area contributed by atoms with Gasteiger partial charge in [0.05, 0.1) is 30.3 Å². The van der Waals surface area contributed by atoms with Gasteiger partial charge in [0.1, 0.15) is 5.75 Å². The molecule has 0 spiro atoms. The minimum Gasteiger partial charge on any atom is -0.495 e. The summed E-state index contributed by atoms with van der Waals surface area (Å²) in [4.78, 5) is 15.7. The normalized spacial score (nSPS) is 10.3. The first kappa shape index (κ1) is 11.7. The monoisotopic (exact) mass is 251 g/mol. The third-order valence-corrected chi connectivity index (χ3v) is 2.72. The minimum absolute atomic E-state index is 0.418. The Kier molecular flexibility index (Phi) is 3.15. The molecule has 88 valence electrons. The Morgan fingerprint density at radius 3 is 2.76 bits per heavy atom. The maximum atomic E-state index is 11.6. The summed E-state index contributed by atoms with van der Waals surface area (Å²) in [6.07, 6.45) is 1.54. The summed E-state index contributed by atoms with van der Waals surface area (Å²) in [6, 6.07) is 4.93. The van der Waals surface area contributed by atoms with E-state index in [0.717, 1.165) is 0 Å². The third-order valence-electron chi connectivity index (χ3n) is 2.42. The van der Waals surface area contributed by atoms with Crippen LogP contribution in [-0.2, 0) is 4.74 Å². The number of carbonyl (C=O) groups excluding carboxylic acids is 1. The predicted octanol–water partition coefficient (Wildman–Crippen LogP) is 2.68. The van der Waals surface area contributed by atoms with Gasteiger partial charge in [-0.1, -0.05) is 11.6 Å². The minimum atomic E-state index is -0.418. The van der Waals surface area contributed by atoms with Crippen LogP contribution in [0.2, 0.25) is 5.02 Å². The lowest BCUT2D eigenvalue weighted by Crippen LogP contribution is -2.02. The topological polar surface area (TPSA) is 48.4 Å². The van der Waals surface area contributed by atoms with Crippen molar-refractivity contribution in [1.82, 2.24) is 4.98 Å². The van der Waals surface area contributed by atoms with Crippen LogP contribution in [0.3, 0.4) is 0 Å². The Morgan fingerprint density at radius 2 is 2.12 bits per heavy atom. The number of aromatic nitrogens is 1. The zero-order valence-electron chi connectivity index (χ0n) is 9.36. The molecule has 0 atom stereocenters. The van der Waals surface area contributed by atoms with Gasteiger partial charge in [0, 0.05) is 17.6 Å². The lowest BCUT2D eigenvalue weighted by Gasteiger charge is -2.07. The van der Waals surface area contributed by atoms with Crippen LogP contribution in [0.4, 0.5) is 0 Å². The molecule has 0 N–H and O–H groups in total. The molecule has 0 amide bonds. The molecule has 0 fully saturated rings. The van der Waals surface area contributed by atoms with Crippen LogP contribution in [-0.4, -0.2) is 25.2 Å². The molecule has 0 saturated heterocycles. The summed E-state index contributed by atoms with van der Waals surface area (Å²) in [7, 11) is 2.86. The SMILES string of the molecule is COC(=O)c1ccnc2cc(OC)c(Cl)cc12. The summed E-state index contributed by atoms with van der Waals surface area (Å²) in [5.41, 5.74) is 1.07. The Balaban J connectivity index is 2.72. The van der Waals surface area contributed by atoms with E-state index < -0.39 is 5.97 Å². The van der Waals surface area contributed by atoms with Gasteiger partial charge in [-0.15, -0.1) is 0 Å². The van der Waals surface area contributed by atoms with Crippen molar-refractivity contribution in [3.63, 3.8) is 0 Å². The maximum absolute atomic E-state index is 11.6. The highest BCUT2D eigenvalue weighted by Gasteiger charge is 2.13. The summed E-state index contributed by atoms with van der Waals surface area (Å²) < 4.78 is 9.79. The van der Waals surface area contributed by atoms with E-state index >= 15 is 0 Å². The van der Waals surface area contributed by atoms with Crippen LogP contribution < -0.4 is 4.74 Å². The Bertz CT molecular complexity index is 583. The molecule has 0 bridgehead atoms. The number of methoxy groups -OCH3 is 2. The van der Waals surface area contributed by atoms with E-state index in [-0.39, 0.29) is 0 Å². The molecule has 1 heterocycles. The van der Waals surface area contributed by atoms with Crippen LogP contribution in [0.15, 0.2) is 24.4 Å². The highest BCUT2D eigenvalue weighted by Crippen LogP contribution is 2.30. The van der Waals surface area contributed by atoms with Crippen LogP contribution in [0, 0.1) is 0 Å². The van der Waals surface area contributed by atoms with Crippen LogP contribution in [0.1, 0.15) is 10.4 Å². The van der Waals surface area contributed by atoms with Crippen LogP contribution in [0.5, 0.6) is 5.75 Å². The predicted molar refractivity (Wildman–Crippen MR) is 64.6 cm³/mol. The molecule has 2 aromatic rings. The number of hydrogen-bond donors (Lipinski definition) is 0. The van der Waals surface area contributed by atoms with Crippen molar-refractivity contribution in [2.24, 2.45) is 0 Å². The number of benzene rings is 1. The first-order valence-electron chi connectivity index (χ1n) is 4.88. The molecule has 0 aliphatic heterocycles. The molecule has 0 aliphatic carbocycles. The number of hydrogen-bond acceptors (Lipinski definition) is 4. The molecule has 0 unspecified atom stereocenters. The molecule has 1 aromatic heterocycles. The van der Waals surface area contributed by atoms with Crippen molar-refractivity contribution < 1.29 is 14.3 Å². The van der Waals surface area contributed by atoms with Gasteiger partial charge in [-0.2, -0.15) is 0 Å². The number of esters is 1. The number of pyridine rings is 1. The van der Waals surface area contributed by atoms with E-state index in [9.17, 15) is 4.79 Å². The fourth-order valence-corrected chi connectivity index (χ4v) is 1.83. The van der Waals surface area contributed by atoms with E-state index in [0.29, 0.717) is 27.2 Å². The summed E-state index contributed by atoms with van der Waals surface area (Å²) in [6.45, 7) is 0. The number of halogens is 1. The quantitative estimate of drug-likeness (QED) is 0.770. The molecule has 4 nitrogen and oxygen atoms in total. The van der Waals surface area contributed by atoms with Gasteiger partial charge in [-0.25, -0.2) is 4.79 Å². The molecular weight excluding hydrogens is 242 g/mol. The molecule has 0 aliphatic rings. The molecule has 17 heavy (non-hydrogen) atoms. The number of ether oxygens (including phenoxy) is 2. The second kappa shape index (κ2) is 4.59. The molecule has 2 rings (SSSR count). The number of carbonyl (C=O) groups is 1. The summed E-state index contributed by atoms with van der Waals surface area (Å²) in [5.74, 6) is 0.104. The summed E-state index contributed by atoms with van der Waals surface area (Å²) in [5, 5.41) is 1.07. The van der Waals surface area contributed by atoms with Gasteiger partial charge in [0.2, 0.25) is 0 Å². The smallest absolute Gasteiger partial charge is 0.338 e. The first-order valence-corrected chi connectivity index (χ1v) is 5.25. The number of nitrogens with zero attached hydrogens (tertiary/aromatic N) is 1. The largest absolute Gasteiger partial charge is 0.495 e. The zero-order valence-corrected chi connectivity index (χ0v) is 10.1. The zero-order chi connectivity index (χ0) is 12.4. The average molecular weight is 252 g/mol. The van der Waals surface area contributed by atoms with Crippen molar-refractivity contribution in [1.29, 1.82) is 0 Å². The third kappa shape index (κ3) is 2.03. The van der Waals surface area contributed by atoms with Gasteiger partial charge in [-0.3, -0.25) is 4.98 Å². The van der Waals surface area contributed by atoms with Crippen molar-refractivity contribution in [3.05, 3.63) is 35.0 Å². The highest BCUT2D eigenvalue weighted by atomic mass is 35.5. The number of rotatable bonds is 2. The average Bonchev–Trinajstić information content (AvgIpc) is 2.36. The van der Waals surface area contributed by atoms with Crippen molar-refractivity contribution >= 4 is 28.5 Å². The first-order chi connectivity index (χ1) is 8.17. The Morgan fingerprint density at radius 1 is 1.35 bits per heavy atom. The summed E-state index contributed by atoms with van der Waals surface area (Å²) >= 11 is 6.02. The van der Waals surface area contributed by atoms with Crippen LogP contribution in [0.25, 0.3) is 10.9 Å². The molecule has 1 aromatic carbocycles. The van der Waals surface area contributed by atoms with E-state index in [1.165, 1.54) is 14.2 Å². The lowest BCUT2D eigenvalue weighted by atomic mass is 10.1. The van der Waals surface area contributed by atoms with Gasteiger partial charge < -0.3 is 9.47 Å². The van der Waals surface area contributed by atoms with E-state index in [1.54, 1.807) is 24.4 Å². The second-order valence-electron chi connectivity index (χ2n) is 3.35. The highest BCUT2D eigenvalue weighted by molar-refractivity contribution is 6.33. The Labute approximate surface area is 103 Å². The van der Waals surface area contributed by atoms with Crippen LogP contribution >= 0.6 is 11.6 Å². The van der Waals surface area contributed by atoms with E-state index in [1.807, 2.05) is 0 Å². The molecule has 5 heteroatoms. The van der Waals surface area contributed by atoms with Crippen molar-refractivity contribution in [3.8, 4) is 5.75 Å². The second-order valence-corrected chi connectivity index (χ2v) is 3.76. The van der Waals surface area contributed by atoms with Crippen molar-refractivity contribution in [2.45, 2.75) is 0 Å². The van der Waals surface area contributed by atoms with Crippen molar-refractivity contribution in [2.75, 3.05) is 14.2 Å². The maximum Gasteiger partial charge on any atom is 0.338 e. The fraction of sp³-hybridized carbons (Fsp3) is 0.167.